The summed E-state index contributed by atoms with van der Waals surface area (Å²) in [7, 11) is 0. The third kappa shape index (κ3) is 5.27. The van der Waals surface area contributed by atoms with Crippen molar-refractivity contribution < 1.29 is 9.59 Å². The monoisotopic (exact) mass is 309 g/mol. The molecule has 0 aromatic carbocycles. The molecule has 2 rings (SSSR count). The molecule has 22 heavy (non-hydrogen) atoms. The number of nitrogens with two attached hydrogens (primary N) is 1. The van der Waals surface area contributed by atoms with Crippen molar-refractivity contribution in [3.05, 3.63) is 0 Å². The molecule has 2 fully saturated rings. The topological polar surface area (TPSA) is 66.6 Å². The summed E-state index contributed by atoms with van der Waals surface area (Å²) in [5, 5.41) is 0. The van der Waals surface area contributed by atoms with Gasteiger partial charge in [-0.25, -0.2) is 0 Å². The van der Waals surface area contributed by atoms with Crippen LogP contribution in [0.2, 0.25) is 0 Å². The Morgan fingerprint density at radius 3 is 2.09 bits per heavy atom. The van der Waals surface area contributed by atoms with E-state index in [4.69, 9.17) is 5.73 Å². The fourth-order valence-electron chi connectivity index (χ4n) is 3.48. The van der Waals surface area contributed by atoms with E-state index in [0.29, 0.717) is 44.9 Å². The zero-order valence-electron chi connectivity index (χ0n) is 13.9. The quantitative estimate of drug-likeness (QED) is 0.841. The first-order valence-electron chi connectivity index (χ1n) is 8.87. The Labute approximate surface area is 134 Å². The largest absolute Gasteiger partial charge is 0.339 e. The lowest BCUT2D eigenvalue weighted by Crippen LogP contribution is -2.51. The Morgan fingerprint density at radius 2 is 1.55 bits per heavy atom. The summed E-state index contributed by atoms with van der Waals surface area (Å²) in [4.78, 5) is 28.3. The average Bonchev–Trinajstić information content (AvgIpc) is 2.53. The predicted octanol–water partition coefficient (Wildman–Crippen LogP) is 1.75. The predicted molar refractivity (Wildman–Crippen MR) is 87.2 cm³/mol. The number of hydrogen-bond donors (Lipinski definition) is 1. The molecular formula is C17H31N3O2. The fourth-order valence-corrected chi connectivity index (χ4v) is 3.48. The highest BCUT2D eigenvalue weighted by molar-refractivity contribution is 5.78. The van der Waals surface area contributed by atoms with Gasteiger partial charge in [-0.1, -0.05) is 19.3 Å². The zero-order chi connectivity index (χ0) is 15.9. The number of carbonyl (C=O) groups is 2. The third-order valence-corrected chi connectivity index (χ3v) is 4.99. The van der Waals surface area contributed by atoms with E-state index in [2.05, 4.69) is 0 Å². The molecule has 5 nitrogen and oxygen atoms in total. The Kier molecular flexibility index (Phi) is 6.68. The van der Waals surface area contributed by atoms with Crippen LogP contribution in [0.15, 0.2) is 0 Å². The standard InChI is InChI=1S/C17H31N3O2/c1-14(18)7-8-16(21)19-9-11-20(12-10-19)17(22)13-15-5-3-2-4-6-15/h14-15H,2-13,18H2,1H3. The van der Waals surface area contributed by atoms with Gasteiger partial charge in [-0.3, -0.25) is 9.59 Å². The summed E-state index contributed by atoms with van der Waals surface area (Å²) >= 11 is 0. The molecule has 0 radical (unpaired) electrons. The van der Waals surface area contributed by atoms with Crippen molar-refractivity contribution in [1.82, 2.24) is 9.80 Å². The highest BCUT2D eigenvalue weighted by Gasteiger charge is 2.26. The molecular weight excluding hydrogens is 278 g/mol. The summed E-state index contributed by atoms with van der Waals surface area (Å²) in [6.07, 6.45) is 8.27. The van der Waals surface area contributed by atoms with E-state index in [0.717, 1.165) is 6.42 Å². The van der Waals surface area contributed by atoms with Gasteiger partial charge in [0.2, 0.25) is 11.8 Å². The van der Waals surface area contributed by atoms with E-state index in [9.17, 15) is 9.59 Å². The van der Waals surface area contributed by atoms with Crippen molar-refractivity contribution in [3.8, 4) is 0 Å². The van der Waals surface area contributed by atoms with Gasteiger partial charge in [-0.2, -0.15) is 0 Å². The lowest BCUT2D eigenvalue weighted by atomic mass is 9.86. The fraction of sp³-hybridized carbons (Fsp3) is 0.882. The van der Waals surface area contributed by atoms with Crippen LogP contribution in [0.3, 0.4) is 0 Å². The van der Waals surface area contributed by atoms with Crippen LogP contribution in [0.4, 0.5) is 0 Å². The van der Waals surface area contributed by atoms with Crippen LogP contribution < -0.4 is 5.73 Å². The van der Waals surface area contributed by atoms with Gasteiger partial charge in [0.25, 0.3) is 0 Å². The van der Waals surface area contributed by atoms with Crippen LogP contribution in [-0.2, 0) is 9.59 Å². The number of piperazine rings is 1. The van der Waals surface area contributed by atoms with Gasteiger partial charge in [-0.15, -0.1) is 0 Å². The molecule has 0 aromatic heterocycles. The summed E-state index contributed by atoms with van der Waals surface area (Å²) in [5.41, 5.74) is 5.70. The lowest BCUT2D eigenvalue weighted by molar-refractivity contribution is -0.140. The summed E-state index contributed by atoms with van der Waals surface area (Å²) in [6, 6.07) is 0.0716. The molecule has 2 amide bonds. The van der Waals surface area contributed by atoms with Crippen LogP contribution in [-0.4, -0.2) is 53.8 Å². The molecule has 2 aliphatic rings. The zero-order valence-corrected chi connectivity index (χ0v) is 13.9. The van der Waals surface area contributed by atoms with Gasteiger partial charge < -0.3 is 15.5 Å². The summed E-state index contributed by atoms with van der Waals surface area (Å²) < 4.78 is 0. The van der Waals surface area contributed by atoms with Gasteiger partial charge in [0.1, 0.15) is 0 Å². The second-order valence-corrected chi connectivity index (χ2v) is 6.99. The number of rotatable bonds is 5. The van der Waals surface area contributed by atoms with Crippen molar-refractivity contribution in [2.75, 3.05) is 26.2 Å². The molecule has 0 spiro atoms. The Balaban J connectivity index is 1.69. The second kappa shape index (κ2) is 8.51. The Morgan fingerprint density at radius 1 is 1.00 bits per heavy atom. The van der Waals surface area contributed by atoms with Gasteiger partial charge in [0.05, 0.1) is 0 Å². The molecule has 0 aromatic rings. The molecule has 1 aliphatic heterocycles. The molecule has 2 N–H and O–H groups in total. The maximum atomic E-state index is 12.4. The van der Waals surface area contributed by atoms with E-state index < -0.39 is 0 Å². The Hall–Kier alpha value is -1.10. The minimum Gasteiger partial charge on any atom is -0.339 e. The van der Waals surface area contributed by atoms with E-state index >= 15 is 0 Å². The van der Waals surface area contributed by atoms with Gasteiger partial charge in [0.15, 0.2) is 0 Å². The van der Waals surface area contributed by atoms with Crippen molar-refractivity contribution in [3.63, 3.8) is 0 Å². The maximum Gasteiger partial charge on any atom is 0.222 e. The van der Waals surface area contributed by atoms with Crippen LogP contribution in [0, 0.1) is 5.92 Å². The first-order chi connectivity index (χ1) is 10.6. The summed E-state index contributed by atoms with van der Waals surface area (Å²) in [5.74, 6) is 1.05. The summed E-state index contributed by atoms with van der Waals surface area (Å²) in [6.45, 7) is 4.66. The Bertz CT molecular complexity index is 370. The first-order valence-corrected chi connectivity index (χ1v) is 8.87. The lowest BCUT2D eigenvalue weighted by Gasteiger charge is -2.36. The maximum absolute atomic E-state index is 12.4. The molecule has 1 atom stereocenters. The van der Waals surface area contributed by atoms with Crippen molar-refractivity contribution in [2.24, 2.45) is 11.7 Å². The molecule has 1 saturated carbocycles. The molecule has 1 aliphatic carbocycles. The average molecular weight is 309 g/mol. The van der Waals surface area contributed by atoms with Crippen molar-refractivity contribution in [1.29, 1.82) is 0 Å². The number of carbonyl (C=O) groups excluding carboxylic acids is 2. The number of amides is 2. The van der Waals surface area contributed by atoms with Gasteiger partial charge in [0, 0.05) is 45.1 Å². The van der Waals surface area contributed by atoms with Crippen LogP contribution in [0.1, 0.15) is 58.3 Å². The smallest absolute Gasteiger partial charge is 0.222 e. The molecule has 5 heteroatoms. The van der Waals surface area contributed by atoms with E-state index in [1.165, 1.54) is 32.1 Å². The molecule has 126 valence electrons. The van der Waals surface area contributed by atoms with E-state index in [1.54, 1.807) is 0 Å². The second-order valence-electron chi connectivity index (χ2n) is 6.99. The SMILES string of the molecule is CC(N)CCC(=O)N1CCN(C(=O)CC2CCCCC2)CC1. The third-order valence-electron chi connectivity index (χ3n) is 4.99. The van der Waals surface area contributed by atoms with Crippen molar-refractivity contribution >= 4 is 11.8 Å². The molecule has 1 saturated heterocycles. The van der Waals surface area contributed by atoms with E-state index in [-0.39, 0.29) is 17.9 Å². The highest BCUT2D eigenvalue weighted by Crippen LogP contribution is 2.27. The van der Waals surface area contributed by atoms with Crippen LogP contribution in [0.5, 0.6) is 0 Å². The molecule has 0 bridgehead atoms. The minimum absolute atomic E-state index is 0.0716. The highest BCUT2D eigenvalue weighted by atomic mass is 16.2. The number of nitrogens with zero attached hydrogens (tertiary/aromatic N) is 2. The normalized spacial score (nSPS) is 21.7. The van der Waals surface area contributed by atoms with E-state index in [1.807, 2.05) is 16.7 Å². The minimum atomic E-state index is 0.0716. The van der Waals surface area contributed by atoms with Gasteiger partial charge >= 0.3 is 0 Å². The first kappa shape index (κ1) is 17.3. The van der Waals surface area contributed by atoms with Crippen LogP contribution >= 0.6 is 0 Å². The van der Waals surface area contributed by atoms with Crippen molar-refractivity contribution in [2.45, 2.75) is 64.3 Å². The number of hydrogen-bond acceptors (Lipinski definition) is 3. The van der Waals surface area contributed by atoms with Gasteiger partial charge in [-0.05, 0) is 32.1 Å². The molecule has 1 unspecified atom stereocenters. The van der Waals surface area contributed by atoms with Crippen LogP contribution in [0.25, 0.3) is 0 Å². The molecule has 1 heterocycles.